The predicted octanol–water partition coefficient (Wildman–Crippen LogP) is 2.34. The molecule has 3 N–H and O–H groups in total. The van der Waals surface area contributed by atoms with Crippen LogP contribution in [0.3, 0.4) is 0 Å². The summed E-state index contributed by atoms with van der Waals surface area (Å²) < 4.78 is 0. The van der Waals surface area contributed by atoms with Crippen molar-refractivity contribution >= 4 is 0 Å². The zero-order chi connectivity index (χ0) is 11.4. The third-order valence-electron chi connectivity index (χ3n) is 3.56. The highest BCUT2D eigenvalue weighted by Gasteiger charge is 2.32. The molecule has 2 heteroatoms. The quantitative estimate of drug-likeness (QED) is 0.816. The van der Waals surface area contributed by atoms with Gasteiger partial charge in [-0.15, -0.1) is 0 Å². The first-order valence-electron chi connectivity index (χ1n) is 6.26. The molecule has 1 fully saturated rings. The van der Waals surface area contributed by atoms with Crippen LogP contribution in [0.15, 0.2) is 24.3 Å². The molecule has 0 heterocycles. The predicted molar refractivity (Wildman–Crippen MR) is 66.2 cm³/mol. The molecule has 1 aliphatic carbocycles. The van der Waals surface area contributed by atoms with E-state index in [9.17, 15) is 5.11 Å². The topological polar surface area (TPSA) is 46.2 Å². The minimum absolute atomic E-state index is 0.557. The van der Waals surface area contributed by atoms with Crippen molar-refractivity contribution in [1.82, 2.24) is 0 Å². The number of benzene rings is 1. The minimum Gasteiger partial charge on any atom is -0.385 e. The maximum atomic E-state index is 10.5. The van der Waals surface area contributed by atoms with E-state index in [1.165, 1.54) is 5.56 Å². The lowest BCUT2D eigenvalue weighted by atomic mass is 9.90. The summed E-state index contributed by atoms with van der Waals surface area (Å²) in [6.07, 6.45) is 6.13. The first-order chi connectivity index (χ1) is 7.74. The largest absolute Gasteiger partial charge is 0.385 e. The number of rotatable bonds is 4. The van der Waals surface area contributed by atoms with Gasteiger partial charge in [0.25, 0.3) is 0 Å². The van der Waals surface area contributed by atoms with Gasteiger partial charge in [-0.05, 0) is 43.4 Å². The van der Waals surface area contributed by atoms with E-state index in [2.05, 4.69) is 24.3 Å². The van der Waals surface area contributed by atoms with Crippen LogP contribution in [-0.4, -0.2) is 11.7 Å². The fourth-order valence-corrected chi connectivity index (χ4v) is 2.57. The smallest absolute Gasteiger partial charge is 0.0896 e. The van der Waals surface area contributed by atoms with E-state index in [0.29, 0.717) is 0 Å². The molecule has 1 aromatic rings. The van der Waals surface area contributed by atoms with Crippen LogP contribution in [0.1, 0.15) is 43.2 Å². The van der Waals surface area contributed by atoms with Crippen LogP contribution in [0.25, 0.3) is 0 Å². The second-order valence-corrected chi connectivity index (χ2v) is 4.83. The maximum Gasteiger partial charge on any atom is 0.0896 e. The molecule has 1 saturated carbocycles. The third kappa shape index (κ3) is 2.45. The summed E-state index contributed by atoms with van der Waals surface area (Å²) in [5.74, 6) is 0. The Bertz CT molecular complexity index is 342. The molecular weight excluding hydrogens is 198 g/mol. The van der Waals surface area contributed by atoms with Gasteiger partial charge in [0.1, 0.15) is 0 Å². The summed E-state index contributed by atoms with van der Waals surface area (Å²) in [6, 6.07) is 8.38. The molecule has 1 aromatic carbocycles. The van der Waals surface area contributed by atoms with Crippen molar-refractivity contribution in [3.63, 3.8) is 0 Å². The summed E-state index contributed by atoms with van der Waals surface area (Å²) in [6.45, 7) is 0.731. The summed E-state index contributed by atoms with van der Waals surface area (Å²) in [4.78, 5) is 0. The van der Waals surface area contributed by atoms with Crippen LogP contribution >= 0.6 is 0 Å². The van der Waals surface area contributed by atoms with Gasteiger partial charge in [-0.2, -0.15) is 0 Å². The Hall–Kier alpha value is -0.860. The van der Waals surface area contributed by atoms with Crippen LogP contribution < -0.4 is 5.73 Å². The Morgan fingerprint density at radius 1 is 1.25 bits per heavy atom. The molecule has 0 radical (unpaired) electrons. The zero-order valence-corrected chi connectivity index (χ0v) is 9.78. The second-order valence-electron chi connectivity index (χ2n) is 4.83. The van der Waals surface area contributed by atoms with Crippen molar-refractivity contribution in [3.8, 4) is 0 Å². The average molecular weight is 219 g/mol. The van der Waals surface area contributed by atoms with E-state index in [4.69, 9.17) is 5.73 Å². The molecule has 0 atom stereocenters. The van der Waals surface area contributed by atoms with Crippen molar-refractivity contribution < 1.29 is 5.11 Å². The molecule has 0 amide bonds. The van der Waals surface area contributed by atoms with Crippen molar-refractivity contribution in [1.29, 1.82) is 0 Å². The van der Waals surface area contributed by atoms with Gasteiger partial charge in [0.15, 0.2) is 0 Å². The Morgan fingerprint density at radius 3 is 2.69 bits per heavy atom. The molecule has 0 bridgehead atoms. The van der Waals surface area contributed by atoms with Gasteiger partial charge in [-0.25, -0.2) is 0 Å². The van der Waals surface area contributed by atoms with E-state index in [1.54, 1.807) is 0 Å². The number of aliphatic hydroxyl groups is 1. The van der Waals surface area contributed by atoms with E-state index in [1.807, 2.05) is 0 Å². The first kappa shape index (κ1) is 11.6. The number of hydrogen-bond donors (Lipinski definition) is 2. The summed E-state index contributed by atoms with van der Waals surface area (Å²) in [5.41, 5.74) is 7.35. The van der Waals surface area contributed by atoms with Gasteiger partial charge in [0.2, 0.25) is 0 Å². The van der Waals surface area contributed by atoms with E-state index in [-0.39, 0.29) is 0 Å². The number of nitrogens with two attached hydrogens (primary N) is 1. The lowest BCUT2D eigenvalue weighted by molar-refractivity contribution is 0.0444. The van der Waals surface area contributed by atoms with E-state index >= 15 is 0 Å². The number of aryl methyl sites for hydroxylation is 1. The van der Waals surface area contributed by atoms with Gasteiger partial charge in [-0.1, -0.05) is 37.1 Å². The normalized spacial score (nSPS) is 18.9. The summed E-state index contributed by atoms with van der Waals surface area (Å²) in [5, 5.41) is 10.5. The zero-order valence-electron chi connectivity index (χ0n) is 9.78. The van der Waals surface area contributed by atoms with Crippen molar-refractivity contribution in [2.45, 2.75) is 44.1 Å². The SMILES string of the molecule is NCCCc1cccc(C2(O)CCCC2)c1. The second kappa shape index (κ2) is 4.98. The Labute approximate surface area is 97.5 Å². The van der Waals surface area contributed by atoms with Crippen LogP contribution in [0.2, 0.25) is 0 Å². The van der Waals surface area contributed by atoms with E-state index in [0.717, 1.165) is 50.6 Å². The Morgan fingerprint density at radius 2 is 2.00 bits per heavy atom. The van der Waals surface area contributed by atoms with Crippen LogP contribution in [-0.2, 0) is 12.0 Å². The third-order valence-corrected chi connectivity index (χ3v) is 3.56. The minimum atomic E-state index is -0.557. The molecule has 1 aliphatic rings. The molecule has 0 unspecified atom stereocenters. The number of hydrogen-bond acceptors (Lipinski definition) is 2. The summed E-state index contributed by atoms with van der Waals surface area (Å²) >= 11 is 0. The highest BCUT2D eigenvalue weighted by molar-refractivity contribution is 5.29. The lowest BCUT2D eigenvalue weighted by Gasteiger charge is -2.23. The highest BCUT2D eigenvalue weighted by atomic mass is 16.3. The highest BCUT2D eigenvalue weighted by Crippen LogP contribution is 2.38. The average Bonchev–Trinajstić information content (AvgIpc) is 2.75. The molecule has 0 aliphatic heterocycles. The molecule has 88 valence electrons. The fourth-order valence-electron chi connectivity index (χ4n) is 2.57. The molecular formula is C14H21NO. The van der Waals surface area contributed by atoms with Crippen LogP contribution in [0.4, 0.5) is 0 Å². The molecule has 0 saturated heterocycles. The van der Waals surface area contributed by atoms with Gasteiger partial charge in [0.05, 0.1) is 5.60 Å². The van der Waals surface area contributed by atoms with Crippen molar-refractivity contribution in [2.24, 2.45) is 5.73 Å². The molecule has 0 spiro atoms. The van der Waals surface area contributed by atoms with Gasteiger partial charge < -0.3 is 10.8 Å². The molecule has 2 nitrogen and oxygen atoms in total. The van der Waals surface area contributed by atoms with Crippen LogP contribution in [0, 0.1) is 0 Å². The maximum absolute atomic E-state index is 10.5. The Balaban J connectivity index is 2.15. The molecule has 16 heavy (non-hydrogen) atoms. The summed E-state index contributed by atoms with van der Waals surface area (Å²) in [7, 11) is 0. The van der Waals surface area contributed by atoms with Crippen LogP contribution in [0.5, 0.6) is 0 Å². The van der Waals surface area contributed by atoms with Gasteiger partial charge in [-0.3, -0.25) is 0 Å². The van der Waals surface area contributed by atoms with Gasteiger partial charge >= 0.3 is 0 Å². The van der Waals surface area contributed by atoms with E-state index < -0.39 is 5.60 Å². The molecule has 0 aromatic heterocycles. The lowest BCUT2D eigenvalue weighted by Crippen LogP contribution is -2.20. The standard InChI is InChI=1S/C14H21NO/c15-10-4-6-12-5-3-7-13(11-12)14(16)8-1-2-9-14/h3,5,7,11,16H,1-2,4,6,8-10,15H2. The van der Waals surface area contributed by atoms with Crippen molar-refractivity contribution in [2.75, 3.05) is 6.54 Å². The first-order valence-corrected chi connectivity index (χ1v) is 6.26. The Kier molecular flexibility index (Phi) is 3.62. The van der Waals surface area contributed by atoms with Crippen molar-refractivity contribution in [3.05, 3.63) is 35.4 Å². The fraction of sp³-hybridized carbons (Fsp3) is 0.571. The monoisotopic (exact) mass is 219 g/mol. The van der Waals surface area contributed by atoms with Gasteiger partial charge in [0, 0.05) is 0 Å². The molecule has 2 rings (SSSR count).